The number of unbranched alkanes of at least 4 members (excludes halogenated alkanes) is 1. The first-order valence-corrected chi connectivity index (χ1v) is 8.61. The van der Waals surface area contributed by atoms with E-state index >= 15 is 0 Å². The summed E-state index contributed by atoms with van der Waals surface area (Å²) >= 11 is 0. The van der Waals surface area contributed by atoms with E-state index in [1.165, 1.54) is 11.6 Å². The van der Waals surface area contributed by atoms with Crippen molar-refractivity contribution in [2.24, 2.45) is 0 Å². The summed E-state index contributed by atoms with van der Waals surface area (Å²) in [6, 6.07) is 22.7. The summed E-state index contributed by atoms with van der Waals surface area (Å²) < 4.78 is 14.7. The van der Waals surface area contributed by atoms with Gasteiger partial charge in [0.05, 0.1) is 11.6 Å². The summed E-state index contributed by atoms with van der Waals surface area (Å²) in [4.78, 5) is 0. The molecule has 0 aromatic heterocycles. The first-order valence-electron chi connectivity index (χ1n) is 8.61. The maximum absolute atomic E-state index is 14.7. The molecular weight excluding hydrogens is 309 g/mol. The number of hydrogen-bond donors (Lipinski definition) is 0. The van der Waals surface area contributed by atoms with E-state index in [2.05, 4.69) is 25.1 Å². The lowest BCUT2D eigenvalue weighted by atomic mass is 9.92. The van der Waals surface area contributed by atoms with Crippen LogP contribution in [0.2, 0.25) is 0 Å². The highest BCUT2D eigenvalue weighted by Crippen LogP contribution is 2.35. The Bertz CT molecular complexity index is 921. The second-order valence-corrected chi connectivity index (χ2v) is 6.16. The van der Waals surface area contributed by atoms with Gasteiger partial charge in [-0.25, -0.2) is 4.39 Å². The van der Waals surface area contributed by atoms with Gasteiger partial charge in [0.25, 0.3) is 0 Å². The number of hydrogen-bond acceptors (Lipinski definition) is 1. The molecule has 0 fully saturated rings. The molecular formula is C23H20FN. The third-order valence-corrected chi connectivity index (χ3v) is 4.35. The van der Waals surface area contributed by atoms with Crippen molar-refractivity contribution in [3.63, 3.8) is 0 Å². The SMILES string of the molecule is CCCCc1cccc(-c2c(F)cccc2-c2cccc(C#N)c2)c1. The molecule has 0 heterocycles. The van der Waals surface area contributed by atoms with E-state index < -0.39 is 0 Å². The maximum atomic E-state index is 14.7. The number of nitriles is 1. The Hall–Kier alpha value is -2.92. The van der Waals surface area contributed by atoms with Gasteiger partial charge < -0.3 is 0 Å². The van der Waals surface area contributed by atoms with Crippen molar-refractivity contribution in [3.8, 4) is 28.3 Å². The van der Waals surface area contributed by atoms with Crippen molar-refractivity contribution in [2.75, 3.05) is 0 Å². The molecule has 0 saturated carbocycles. The zero-order valence-electron chi connectivity index (χ0n) is 14.3. The Morgan fingerprint density at radius 2 is 1.68 bits per heavy atom. The van der Waals surface area contributed by atoms with Crippen LogP contribution in [-0.4, -0.2) is 0 Å². The van der Waals surface area contributed by atoms with Crippen LogP contribution in [0.15, 0.2) is 66.7 Å². The van der Waals surface area contributed by atoms with Gasteiger partial charge >= 0.3 is 0 Å². The molecule has 0 unspecified atom stereocenters. The normalized spacial score (nSPS) is 10.4. The molecule has 2 heteroatoms. The molecule has 0 spiro atoms. The van der Waals surface area contributed by atoms with E-state index in [1.807, 2.05) is 30.3 Å². The molecule has 25 heavy (non-hydrogen) atoms. The number of benzene rings is 3. The van der Waals surface area contributed by atoms with E-state index in [4.69, 9.17) is 5.26 Å². The monoisotopic (exact) mass is 329 g/mol. The first kappa shape index (κ1) is 16.9. The molecule has 0 amide bonds. The van der Waals surface area contributed by atoms with Crippen molar-refractivity contribution in [1.29, 1.82) is 5.26 Å². The van der Waals surface area contributed by atoms with Gasteiger partial charge in [0.2, 0.25) is 0 Å². The third-order valence-electron chi connectivity index (χ3n) is 4.35. The number of halogens is 1. The fourth-order valence-electron chi connectivity index (χ4n) is 3.08. The molecule has 3 rings (SSSR count). The van der Waals surface area contributed by atoms with Gasteiger partial charge in [0.1, 0.15) is 5.82 Å². The molecule has 0 bridgehead atoms. The molecule has 3 aromatic carbocycles. The molecule has 0 aliphatic carbocycles. The van der Waals surface area contributed by atoms with Crippen LogP contribution in [0.3, 0.4) is 0 Å². The maximum Gasteiger partial charge on any atom is 0.131 e. The molecule has 0 N–H and O–H groups in total. The van der Waals surface area contributed by atoms with Crippen LogP contribution in [0.25, 0.3) is 22.3 Å². The van der Waals surface area contributed by atoms with E-state index in [0.717, 1.165) is 36.0 Å². The second kappa shape index (κ2) is 7.77. The van der Waals surface area contributed by atoms with Crippen LogP contribution in [0.5, 0.6) is 0 Å². The minimum absolute atomic E-state index is 0.243. The smallest absolute Gasteiger partial charge is 0.131 e. The Morgan fingerprint density at radius 3 is 2.48 bits per heavy atom. The van der Waals surface area contributed by atoms with Gasteiger partial charge in [0.15, 0.2) is 0 Å². The van der Waals surface area contributed by atoms with Gasteiger partial charge in [-0.15, -0.1) is 0 Å². The van der Waals surface area contributed by atoms with Gasteiger partial charge in [-0.05, 0) is 53.3 Å². The highest BCUT2D eigenvalue weighted by atomic mass is 19.1. The Morgan fingerprint density at radius 1 is 0.920 bits per heavy atom. The summed E-state index contributed by atoms with van der Waals surface area (Å²) in [5.41, 5.74) is 4.93. The molecule has 0 aliphatic rings. The Labute approximate surface area is 148 Å². The minimum atomic E-state index is -0.243. The van der Waals surface area contributed by atoms with Crippen molar-refractivity contribution in [2.45, 2.75) is 26.2 Å². The zero-order valence-corrected chi connectivity index (χ0v) is 14.3. The predicted molar refractivity (Wildman–Crippen MR) is 101 cm³/mol. The summed E-state index contributed by atoms with van der Waals surface area (Å²) in [7, 11) is 0. The molecule has 0 aliphatic heterocycles. The Kier molecular flexibility index (Phi) is 5.26. The van der Waals surface area contributed by atoms with Gasteiger partial charge in [-0.3, -0.25) is 0 Å². The lowest BCUT2D eigenvalue weighted by molar-refractivity contribution is 0.631. The Balaban J connectivity index is 2.12. The lowest BCUT2D eigenvalue weighted by Gasteiger charge is -2.13. The van der Waals surface area contributed by atoms with Crippen molar-refractivity contribution in [3.05, 3.63) is 83.7 Å². The second-order valence-electron chi connectivity index (χ2n) is 6.16. The summed E-state index contributed by atoms with van der Waals surface area (Å²) in [6.45, 7) is 2.17. The average Bonchev–Trinajstić information content (AvgIpc) is 2.66. The van der Waals surface area contributed by atoms with Crippen molar-refractivity contribution >= 4 is 0 Å². The molecule has 0 atom stereocenters. The number of nitrogens with zero attached hydrogens (tertiary/aromatic N) is 1. The van der Waals surface area contributed by atoms with E-state index in [0.29, 0.717) is 11.1 Å². The largest absolute Gasteiger partial charge is 0.206 e. The van der Waals surface area contributed by atoms with Gasteiger partial charge in [0, 0.05) is 5.56 Å². The van der Waals surface area contributed by atoms with Crippen LogP contribution >= 0.6 is 0 Å². The first-order chi connectivity index (χ1) is 12.2. The third kappa shape index (κ3) is 3.78. The quantitative estimate of drug-likeness (QED) is 0.533. The number of rotatable bonds is 5. The average molecular weight is 329 g/mol. The van der Waals surface area contributed by atoms with Crippen molar-refractivity contribution < 1.29 is 4.39 Å². The van der Waals surface area contributed by atoms with Gasteiger partial charge in [-0.1, -0.05) is 61.9 Å². The summed E-state index contributed by atoms with van der Waals surface area (Å²) in [5, 5.41) is 9.14. The predicted octanol–water partition coefficient (Wildman–Crippen LogP) is 6.37. The molecule has 0 saturated heterocycles. The van der Waals surface area contributed by atoms with Crippen LogP contribution < -0.4 is 0 Å². The highest BCUT2D eigenvalue weighted by Gasteiger charge is 2.13. The van der Waals surface area contributed by atoms with E-state index in [-0.39, 0.29) is 5.82 Å². The lowest BCUT2D eigenvalue weighted by Crippen LogP contribution is -1.92. The van der Waals surface area contributed by atoms with E-state index in [9.17, 15) is 4.39 Å². The minimum Gasteiger partial charge on any atom is -0.206 e. The zero-order chi connectivity index (χ0) is 17.6. The van der Waals surface area contributed by atoms with Crippen LogP contribution in [0, 0.1) is 17.1 Å². The van der Waals surface area contributed by atoms with Crippen molar-refractivity contribution in [1.82, 2.24) is 0 Å². The number of aryl methyl sites for hydroxylation is 1. The fraction of sp³-hybridized carbons (Fsp3) is 0.174. The summed E-state index contributed by atoms with van der Waals surface area (Å²) in [6.07, 6.45) is 3.26. The topological polar surface area (TPSA) is 23.8 Å². The van der Waals surface area contributed by atoms with Gasteiger partial charge in [-0.2, -0.15) is 5.26 Å². The molecule has 1 nitrogen and oxygen atoms in total. The fourth-order valence-corrected chi connectivity index (χ4v) is 3.08. The van der Waals surface area contributed by atoms with Crippen LogP contribution in [-0.2, 0) is 6.42 Å². The van der Waals surface area contributed by atoms with Crippen LogP contribution in [0.4, 0.5) is 4.39 Å². The molecule has 0 radical (unpaired) electrons. The molecule has 3 aromatic rings. The highest BCUT2D eigenvalue weighted by molar-refractivity contribution is 5.84. The standard InChI is InChI=1S/C23H20FN/c1-2-3-7-17-8-4-11-20(14-17)23-21(12-6-13-22(23)24)19-10-5-9-18(15-19)16-25/h4-6,8-15H,2-3,7H2,1H3. The van der Waals surface area contributed by atoms with Crippen LogP contribution in [0.1, 0.15) is 30.9 Å². The van der Waals surface area contributed by atoms with E-state index in [1.54, 1.807) is 18.2 Å². The summed E-state index contributed by atoms with van der Waals surface area (Å²) in [5.74, 6) is -0.243. The molecule has 124 valence electrons.